The van der Waals surface area contributed by atoms with Crippen molar-refractivity contribution in [2.75, 3.05) is 19.0 Å². The highest BCUT2D eigenvalue weighted by Crippen LogP contribution is 2.38. The van der Waals surface area contributed by atoms with Crippen LogP contribution in [0.1, 0.15) is 43.0 Å². The third-order valence-electron chi connectivity index (χ3n) is 5.06. The summed E-state index contributed by atoms with van der Waals surface area (Å²) >= 11 is 0. The van der Waals surface area contributed by atoms with Crippen molar-refractivity contribution in [3.8, 4) is 0 Å². The highest BCUT2D eigenvalue weighted by atomic mass is 16.5. The minimum Gasteiger partial charge on any atom is -0.467 e. The number of carbonyl (C=O) groups is 3. The fourth-order valence-electron chi connectivity index (χ4n) is 3.37. The lowest BCUT2D eigenvalue weighted by Gasteiger charge is -2.33. The first-order valence-corrected chi connectivity index (χ1v) is 8.81. The van der Waals surface area contributed by atoms with Crippen LogP contribution in [0.25, 0.3) is 0 Å². The van der Waals surface area contributed by atoms with Crippen molar-refractivity contribution in [2.24, 2.45) is 11.8 Å². The predicted octanol–water partition coefficient (Wildman–Crippen LogP) is 2.45. The third kappa shape index (κ3) is 3.83. The maximum atomic E-state index is 12.9. The number of amides is 2. The minimum atomic E-state index is -0.531. The van der Waals surface area contributed by atoms with E-state index in [1.807, 2.05) is 6.92 Å². The van der Waals surface area contributed by atoms with E-state index in [0.29, 0.717) is 30.1 Å². The molecule has 2 fully saturated rings. The molecule has 0 aromatic heterocycles. The van der Waals surface area contributed by atoms with Crippen molar-refractivity contribution >= 4 is 23.5 Å². The molecule has 6 nitrogen and oxygen atoms in total. The van der Waals surface area contributed by atoms with E-state index in [0.717, 1.165) is 19.3 Å². The van der Waals surface area contributed by atoms with Crippen molar-refractivity contribution in [2.45, 2.75) is 38.6 Å². The summed E-state index contributed by atoms with van der Waals surface area (Å²) in [5.74, 6) is -0.0714. The molecule has 1 aromatic carbocycles. The van der Waals surface area contributed by atoms with Crippen LogP contribution < -0.4 is 5.32 Å². The molecule has 3 rings (SSSR count). The Balaban J connectivity index is 1.73. The van der Waals surface area contributed by atoms with Crippen LogP contribution in [0.4, 0.5) is 5.69 Å². The largest absolute Gasteiger partial charge is 0.467 e. The molecule has 6 heteroatoms. The summed E-state index contributed by atoms with van der Waals surface area (Å²) in [6, 6.07) is 6.37. The predicted molar refractivity (Wildman–Crippen MR) is 93.0 cm³/mol. The van der Waals surface area contributed by atoms with Gasteiger partial charge in [-0.1, -0.05) is 13.0 Å². The lowest BCUT2D eigenvalue weighted by atomic mass is 10.0. The average molecular weight is 344 g/mol. The fourth-order valence-corrected chi connectivity index (χ4v) is 3.37. The van der Waals surface area contributed by atoms with Gasteiger partial charge in [0.15, 0.2) is 0 Å². The van der Waals surface area contributed by atoms with Crippen LogP contribution >= 0.6 is 0 Å². The smallest absolute Gasteiger partial charge is 0.328 e. The van der Waals surface area contributed by atoms with Gasteiger partial charge in [0.2, 0.25) is 5.91 Å². The second-order valence-electron chi connectivity index (χ2n) is 6.92. The second-order valence-corrected chi connectivity index (χ2v) is 6.92. The van der Waals surface area contributed by atoms with Gasteiger partial charge in [0.25, 0.3) is 5.91 Å². The molecule has 25 heavy (non-hydrogen) atoms. The Labute approximate surface area is 147 Å². The molecule has 2 aliphatic rings. The zero-order valence-corrected chi connectivity index (χ0v) is 14.7. The normalized spacial score (nSPS) is 25.2. The molecule has 2 amide bonds. The standard InChI is InChI=1S/C19H24N2O4/c1-12-10-15(12)17(22)20-14-7-5-6-13(11-14)18(23)21-9-4-3-8-16(21)19(24)25-2/h5-7,11-12,15-16H,3-4,8-10H2,1-2H3,(H,20,22)/t12-,15-,16-/m0/s1. The number of methoxy groups -OCH3 is 1. The van der Waals surface area contributed by atoms with Crippen LogP contribution in [0.15, 0.2) is 24.3 Å². The number of likely N-dealkylation sites (tertiary alicyclic amines) is 1. The van der Waals surface area contributed by atoms with Gasteiger partial charge in [0.1, 0.15) is 6.04 Å². The first-order valence-electron chi connectivity index (χ1n) is 8.81. The highest BCUT2D eigenvalue weighted by Gasteiger charge is 2.39. The number of rotatable bonds is 4. The van der Waals surface area contributed by atoms with Crippen molar-refractivity contribution in [3.05, 3.63) is 29.8 Å². The monoisotopic (exact) mass is 344 g/mol. The maximum absolute atomic E-state index is 12.9. The molecule has 0 radical (unpaired) electrons. The molecule has 3 atom stereocenters. The van der Waals surface area contributed by atoms with Crippen LogP contribution in [-0.2, 0) is 14.3 Å². The number of esters is 1. The van der Waals surface area contributed by atoms with E-state index < -0.39 is 6.04 Å². The molecule has 1 saturated carbocycles. The number of nitrogens with zero attached hydrogens (tertiary/aromatic N) is 1. The van der Waals surface area contributed by atoms with Gasteiger partial charge >= 0.3 is 5.97 Å². The first-order chi connectivity index (χ1) is 12.0. The summed E-state index contributed by atoms with van der Waals surface area (Å²) in [5.41, 5.74) is 1.08. The van der Waals surface area contributed by atoms with Crippen molar-refractivity contribution in [1.29, 1.82) is 0 Å². The number of benzene rings is 1. The van der Waals surface area contributed by atoms with Gasteiger partial charge in [-0.2, -0.15) is 0 Å². The summed E-state index contributed by atoms with van der Waals surface area (Å²) in [7, 11) is 1.34. The van der Waals surface area contributed by atoms with E-state index in [2.05, 4.69) is 5.32 Å². The van der Waals surface area contributed by atoms with E-state index in [1.165, 1.54) is 7.11 Å². The van der Waals surface area contributed by atoms with Crippen LogP contribution in [0.5, 0.6) is 0 Å². The number of anilines is 1. The molecule has 1 N–H and O–H groups in total. The molecule has 0 spiro atoms. The van der Waals surface area contributed by atoms with Crippen LogP contribution in [-0.4, -0.2) is 42.4 Å². The SMILES string of the molecule is COC(=O)[C@@H]1CCCCN1C(=O)c1cccc(NC(=O)[C@H]2C[C@@H]2C)c1. The number of ether oxygens (including phenoxy) is 1. The van der Waals surface area contributed by atoms with E-state index in [4.69, 9.17) is 4.74 Å². The number of hydrogen-bond donors (Lipinski definition) is 1. The maximum Gasteiger partial charge on any atom is 0.328 e. The Hall–Kier alpha value is -2.37. The molecule has 0 unspecified atom stereocenters. The molecule has 1 aliphatic carbocycles. The van der Waals surface area contributed by atoms with Crippen molar-refractivity contribution in [3.63, 3.8) is 0 Å². The lowest BCUT2D eigenvalue weighted by Crippen LogP contribution is -2.48. The lowest BCUT2D eigenvalue weighted by molar-refractivity contribution is -0.147. The van der Waals surface area contributed by atoms with Crippen molar-refractivity contribution < 1.29 is 19.1 Å². The fraction of sp³-hybridized carbons (Fsp3) is 0.526. The molecule has 1 saturated heterocycles. The molecule has 1 heterocycles. The first kappa shape index (κ1) is 17.5. The van der Waals surface area contributed by atoms with Crippen LogP contribution in [0.3, 0.4) is 0 Å². The summed E-state index contributed by atoms with van der Waals surface area (Å²) in [5, 5.41) is 2.88. The molecular formula is C19H24N2O4. The Bertz CT molecular complexity index is 688. The van der Waals surface area contributed by atoms with Crippen molar-refractivity contribution in [1.82, 2.24) is 4.90 Å². The summed E-state index contributed by atoms with van der Waals surface area (Å²) in [6.45, 7) is 2.59. The summed E-state index contributed by atoms with van der Waals surface area (Å²) in [4.78, 5) is 38.5. The van der Waals surface area contributed by atoms with E-state index >= 15 is 0 Å². The van der Waals surface area contributed by atoms with Gasteiger partial charge < -0.3 is 15.0 Å². The summed E-state index contributed by atoms with van der Waals surface area (Å²) < 4.78 is 4.84. The zero-order chi connectivity index (χ0) is 18.0. The Morgan fingerprint density at radius 2 is 2.00 bits per heavy atom. The van der Waals surface area contributed by atoms with Gasteiger partial charge in [-0.05, 0) is 49.8 Å². The van der Waals surface area contributed by atoms with Crippen LogP contribution in [0.2, 0.25) is 0 Å². The van der Waals surface area contributed by atoms with Gasteiger partial charge in [-0.25, -0.2) is 4.79 Å². The number of piperidine rings is 1. The van der Waals surface area contributed by atoms with Gasteiger partial charge in [-0.15, -0.1) is 0 Å². The molecular weight excluding hydrogens is 320 g/mol. The second kappa shape index (κ2) is 7.25. The zero-order valence-electron chi connectivity index (χ0n) is 14.7. The van der Waals surface area contributed by atoms with Gasteiger partial charge in [-0.3, -0.25) is 9.59 Å². The molecule has 0 bridgehead atoms. The highest BCUT2D eigenvalue weighted by molar-refractivity contribution is 5.99. The number of carbonyl (C=O) groups excluding carboxylic acids is 3. The van der Waals surface area contributed by atoms with E-state index in [-0.39, 0.29) is 23.7 Å². The molecule has 1 aromatic rings. The topological polar surface area (TPSA) is 75.7 Å². The van der Waals surface area contributed by atoms with E-state index in [9.17, 15) is 14.4 Å². The molecule has 1 aliphatic heterocycles. The number of hydrogen-bond acceptors (Lipinski definition) is 4. The Morgan fingerprint density at radius 1 is 1.24 bits per heavy atom. The summed E-state index contributed by atoms with van der Waals surface area (Å²) in [6.07, 6.45) is 3.31. The quantitative estimate of drug-likeness (QED) is 0.851. The van der Waals surface area contributed by atoms with Gasteiger partial charge in [0, 0.05) is 23.7 Å². The number of nitrogens with one attached hydrogen (secondary N) is 1. The van der Waals surface area contributed by atoms with Gasteiger partial charge in [0.05, 0.1) is 7.11 Å². The Morgan fingerprint density at radius 3 is 2.68 bits per heavy atom. The Kier molecular flexibility index (Phi) is 5.06. The average Bonchev–Trinajstić information content (AvgIpc) is 3.37. The van der Waals surface area contributed by atoms with Crippen LogP contribution in [0, 0.1) is 11.8 Å². The third-order valence-corrected chi connectivity index (χ3v) is 5.06. The van der Waals surface area contributed by atoms with E-state index in [1.54, 1.807) is 29.2 Å². The molecule has 134 valence electrons. The minimum absolute atomic E-state index is 0.00232.